The number of ether oxygens (including phenoxy) is 1. The Morgan fingerprint density at radius 1 is 1.06 bits per heavy atom. The first kappa shape index (κ1) is 23.2. The van der Waals surface area contributed by atoms with Crippen molar-refractivity contribution in [3.8, 4) is 5.75 Å². The van der Waals surface area contributed by atoms with Crippen LogP contribution in [0, 0.1) is 6.92 Å². The highest BCUT2D eigenvalue weighted by molar-refractivity contribution is 7.03. The predicted octanol–water partition coefficient (Wildman–Crippen LogP) is 4.15. The van der Waals surface area contributed by atoms with Crippen molar-refractivity contribution in [2.75, 3.05) is 7.11 Å². The predicted molar refractivity (Wildman–Crippen MR) is 127 cm³/mol. The summed E-state index contributed by atoms with van der Waals surface area (Å²) in [6, 6.07) is 19.4. The summed E-state index contributed by atoms with van der Waals surface area (Å²) in [7, 11) is 1.60. The smallest absolute Gasteiger partial charge is 0.276 e. The van der Waals surface area contributed by atoms with Crippen molar-refractivity contribution in [1.29, 1.82) is 0 Å². The normalized spacial score (nSPS) is 11.6. The number of furan rings is 1. The largest absolute Gasteiger partial charge is 0.497 e. The number of hydrogen-bond donors (Lipinski definition) is 1. The molecule has 0 fully saturated rings. The van der Waals surface area contributed by atoms with Crippen LogP contribution in [-0.2, 0) is 17.9 Å². The van der Waals surface area contributed by atoms with Gasteiger partial charge in [0.1, 0.15) is 17.3 Å². The molecule has 0 saturated heterocycles. The van der Waals surface area contributed by atoms with Crippen molar-refractivity contribution in [3.63, 3.8) is 0 Å². The van der Waals surface area contributed by atoms with Crippen molar-refractivity contribution in [3.05, 3.63) is 100 Å². The van der Waals surface area contributed by atoms with Gasteiger partial charge in [-0.15, -0.1) is 5.10 Å². The third-order valence-electron chi connectivity index (χ3n) is 5.25. The van der Waals surface area contributed by atoms with E-state index in [0.29, 0.717) is 11.5 Å². The van der Waals surface area contributed by atoms with E-state index in [9.17, 15) is 9.59 Å². The maximum atomic E-state index is 13.5. The minimum Gasteiger partial charge on any atom is -0.497 e. The number of carbonyl (C=O) groups excluding carboxylic acids is 2. The number of aryl methyl sites for hydroxylation is 1. The number of carbonyl (C=O) groups is 2. The van der Waals surface area contributed by atoms with E-state index in [1.165, 1.54) is 4.90 Å². The molecule has 9 heteroatoms. The number of nitrogens with zero attached hydrogens (tertiary/aromatic N) is 3. The summed E-state index contributed by atoms with van der Waals surface area (Å²) in [6.45, 7) is 2.27. The monoisotopic (exact) mass is 476 g/mol. The highest BCUT2D eigenvalue weighted by Crippen LogP contribution is 2.27. The summed E-state index contributed by atoms with van der Waals surface area (Å²) in [4.78, 5) is 28.5. The van der Waals surface area contributed by atoms with Crippen LogP contribution < -0.4 is 10.1 Å². The molecule has 0 aliphatic heterocycles. The fourth-order valence-corrected chi connectivity index (χ4v) is 3.95. The van der Waals surface area contributed by atoms with E-state index in [-0.39, 0.29) is 24.7 Å². The average Bonchev–Trinajstić information content (AvgIpc) is 3.55. The van der Waals surface area contributed by atoms with Crippen molar-refractivity contribution in [2.45, 2.75) is 26.1 Å². The van der Waals surface area contributed by atoms with Crippen LogP contribution in [-0.4, -0.2) is 33.4 Å². The third kappa shape index (κ3) is 5.49. The second-order valence-corrected chi connectivity index (χ2v) is 8.24. The SMILES string of the molecule is COc1ccc(CNC(=O)[C@@H](c2ccc(C)o2)N(Cc2ccccc2)C(=O)c2csnn2)cc1. The summed E-state index contributed by atoms with van der Waals surface area (Å²) in [5.74, 6) is 0.979. The van der Waals surface area contributed by atoms with Crippen LogP contribution in [0.2, 0.25) is 0 Å². The Hall–Kier alpha value is -3.98. The minimum atomic E-state index is -0.999. The molecule has 34 heavy (non-hydrogen) atoms. The number of benzene rings is 2. The molecule has 2 heterocycles. The summed E-state index contributed by atoms with van der Waals surface area (Å²) in [6.07, 6.45) is 0. The van der Waals surface area contributed by atoms with Crippen LogP contribution >= 0.6 is 11.5 Å². The van der Waals surface area contributed by atoms with Crippen LogP contribution in [0.1, 0.15) is 39.2 Å². The van der Waals surface area contributed by atoms with Crippen LogP contribution in [0.5, 0.6) is 5.75 Å². The molecule has 2 aromatic heterocycles. The molecule has 1 N–H and O–H groups in total. The molecule has 0 spiro atoms. The Kier molecular flexibility index (Phi) is 7.34. The van der Waals surface area contributed by atoms with Gasteiger partial charge in [-0.2, -0.15) is 0 Å². The number of methoxy groups -OCH3 is 1. The number of nitrogens with one attached hydrogen (secondary N) is 1. The van der Waals surface area contributed by atoms with Crippen molar-refractivity contribution >= 4 is 23.3 Å². The van der Waals surface area contributed by atoms with E-state index in [4.69, 9.17) is 9.15 Å². The van der Waals surface area contributed by atoms with Gasteiger partial charge < -0.3 is 19.4 Å². The lowest BCUT2D eigenvalue weighted by molar-refractivity contribution is -0.126. The molecule has 0 radical (unpaired) electrons. The Balaban J connectivity index is 1.65. The first-order valence-electron chi connectivity index (χ1n) is 10.6. The van der Waals surface area contributed by atoms with E-state index in [0.717, 1.165) is 28.4 Å². The molecule has 0 aliphatic carbocycles. The lowest BCUT2D eigenvalue weighted by Gasteiger charge is -2.29. The first-order chi connectivity index (χ1) is 16.5. The van der Waals surface area contributed by atoms with Gasteiger partial charge in [0.05, 0.1) is 7.11 Å². The van der Waals surface area contributed by atoms with Gasteiger partial charge in [0.2, 0.25) is 0 Å². The standard InChI is InChI=1S/C25H24N4O4S/c1-17-8-13-22(33-17)23(24(30)26-14-18-9-11-20(32-2)12-10-18)29(15-19-6-4-3-5-7-19)25(31)21-16-34-28-27-21/h3-13,16,23H,14-15H2,1-2H3,(H,26,30)/t23-/m1/s1. The maximum Gasteiger partial charge on any atom is 0.276 e. The van der Waals surface area contributed by atoms with Gasteiger partial charge in [0.25, 0.3) is 11.8 Å². The molecule has 2 amide bonds. The van der Waals surface area contributed by atoms with E-state index in [2.05, 4.69) is 14.9 Å². The zero-order chi connectivity index (χ0) is 23.9. The molecule has 2 aromatic carbocycles. The highest BCUT2D eigenvalue weighted by atomic mass is 32.1. The molecule has 8 nitrogen and oxygen atoms in total. The van der Waals surface area contributed by atoms with Crippen LogP contribution in [0.4, 0.5) is 0 Å². The number of hydrogen-bond acceptors (Lipinski definition) is 7. The molecule has 0 aliphatic rings. The Morgan fingerprint density at radius 2 is 1.82 bits per heavy atom. The summed E-state index contributed by atoms with van der Waals surface area (Å²) >= 11 is 1.08. The fourth-order valence-electron chi connectivity index (χ4n) is 3.52. The van der Waals surface area contributed by atoms with Gasteiger partial charge in [-0.1, -0.05) is 47.0 Å². The van der Waals surface area contributed by atoms with Gasteiger partial charge in [-0.25, -0.2) is 0 Å². The van der Waals surface area contributed by atoms with Crippen molar-refractivity contribution in [2.24, 2.45) is 0 Å². The fraction of sp³-hybridized carbons (Fsp3) is 0.200. The lowest BCUT2D eigenvalue weighted by Crippen LogP contribution is -2.43. The van der Waals surface area contributed by atoms with Gasteiger partial charge in [0.15, 0.2) is 11.7 Å². The second-order valence-electron chi connectivity index (χ2n) is 7.63. The Bertz CT molecular complexity index is 1220. The molecule has 174 valence electrons. The second kappa shape index (κ2) is 10.8. The summed E-state index contributed by atoms with van der Waals surface area (Å²) in [5.41, 5.74) is 1.94. The number of aromatic nitrogens is 2. The van der Waals surface area contributed by atoms with E-state index >= 15 is 0 Å². The quantitative estimate of drug-likeness (QED) is 0.390. The van der Waals surface area contributed by atoms with Crippen molar-refractivity contribution in [1.82, 2.24) is 19.8 Å². The van der Waals surface area contributed by atoms with Crippen molar-refractivity contribution < 1.29 is 18.7 Å². The molecular weight excluding hydrogens is 452 g/mol. The lowest BCUT2D eigenvalue weighted by atomic mass is 10.1. The Labute approximate surface area is 201 Å². The number of amides is 2. The summed E-state index contributed by atoms with van der Waals surface area (Å²) < 4.78 is 14.8. The zero-order valence-electron chi connectivity index (χ0n) is 18.8. The maximum absolute atomic E-state index is 13.5. The van der Waals surface area contributed by atoms with Gasteiger partial charge >= 0.3 is 0 Å². The minimum absolute atomic E-state index is 0.178. The third-order valence-corrected chi connectivity index (χ3v) is 5.76. The molecule has 0 bridgehead atoms. The van der Waals surface area contributed by atoms with Gasteiger partial charge in [0, 0.05) is 18.5 Å². The van der Waals surface area contributed by atoms with Crippen LogP contribution in [0.25, 0.3) is 0 Å². The molecular formula is C25H24N4O4S. The average molecular weight is 477 g/mol. The van der Waals surface area contributed by atoms with Gasteiger partial charge in [-0.05, 0) is 53.8 Å². The first-order valence-corrected chi connectivity index (χ1v) is 11.5. The molecule has 4 rings (SSSR count). The summed E-state index contributed by atoms with van der Waals surface area (Å²) in [5, 5.41) is 8.45. The van der Waals surface area contributed by atoms with Crippen LogP contribution in [0.15, 0.2) is 76.5 Å². The topological polar surface area (TPSA) is 97.6 Å². The van der Waals surface area contributed by atoms with Gasteiger partial charge in [-0.3, -0.25) is 9.59 Å². The van der Waals surface area contributed by atoms with E-state index in [1.54, 1.807) is 31.5 Å². The molecule has 0 saturated carbocycles. The highest BCUT2D eigenvalue weighted by Gasteiger charge is 2.35. The molecule has 4 aromatic rings. The van der Waals surface area contributed by atoms with E-state index in [1.807, 2.05) is 54.6 Å². The van der Waals surface area contributed by atoms with Crippen LogP contribution in [0.3, 0.4) is 0 Å². The number of rotatable bonds is 9. The zero-order valence-corrected chi connectivity index (χ0v) is 19.6. The molecule has 1 atom stereocenters. The Morgan fingerprint density at radius 3 is 2.44 bits per heavy atom. The molecule has 0 unspecified atom stereocenters. The van der Waals surface area contributed by atoms with E-state index < -0.39 is 11.9 Å².